The molecule has 4 aliphatic rings. The summed E-state index contributed by atoms with van der Waals surface area (Å²) in [4.78, 5) is 139. The predicted octanol–water partition coefficient (Wildman–Crippen LogP) is -6.15. The number of nitrogens with one attached hydrogen (secondary N) is 11. The molecule has 43 nitrogen and oxygen atoms in total. The maximum Gasteiger partial charge on any atom is 0.222 e. The summed E-state index contributed by atoms with van der Waals surface area (Å²) in [6.07, 6.45) is -6.91. The normalized spacial score (nSPS) is 25.6. The van der Waals surface area contributed by atoms with Crippen LogP contribution in [-0.4, -0.2) is 369 Å². The Balaban J connectivity index is 1.29. The van der Waals surface area contributed by atoms with Gasteiger partial charge in [-0.1, -0.05) is 38.5 Å². The van der Waals surface area contributed by atoms with Crippen molar-refractivity contribution in [2.24, 2.45) is 0 Å². The fourth-order valence-electron chi connectivity index (χ4n) is 13.7. The minimum atomic E-state index is -1.47. The van der Waals surface area contributed by atoms with Gasteiger partial charge in [-0.2, -0.15) is 0 Å². The molecule has 4 heterocycles. The Labute approximate surface area is 712 Å². The van der Waals surface area contributed by atoms with Crippen LogP contribution in [0.3, 0.4) is 0 Å². The average Bonchev–Trinajstić information content (AvgIpc) is 0.862. The van der Waals surface area contributed by atoms with E-state index in [0.29, 0.717) is 83.5 Å². The molecule has 0 bridgehead atoms. The smallest absolute Gasteiger partial charge is 0.222 e. The molecule has 4 saturated heterocycles. The molecule has 4 fully saturated rings. The Morgan fingerprint density at radius 1 is 0.311 bits per heavy atom. The highest BCUT2D eigenvalue weighted by molar-refractivity contribution is 5.79. The third-order valence-corrected chi connectivity index (χ3v) is 20.5. The van der Waals surface area contributed by atoms with Crippen LogP contribution >= 0.6 is 0 Å². The third-order valence-electron chi connectivity index (χ3n) is 20.5. The quantitative estimate of drug-likeness (QED) is 0.0252. The Morgan fingerprint density at radius 3 is 0.869 bits per heavy atom. The first kappa shape index (κ1) is 108. The van der Waals surface area contributed by atoms with Gasteiger partial charge in [0, 0.05) is 144 Å². The van der Waals surface area contributed by atoms with Gasteiger partial charge in [-0.05, 0) is 70.6 Å². The molecule has 11 amide bonds. The minimum Gasteiger partial charge on any atom is -0.394 e. The van der Waals surface area contributed by atoms with E-state index in [9.17, 15) is 109 Å². The van der Waals surface area contributed by atoms with Crippen LogP contribution in [0.4, 0.5) is 0 Å². The largest absolute Gasteiger partial charge is 0.394 e. The zero-order valence-corrected chi connectivity index (χ0v) is 70.9. The summed E-state index contributed by atoms with van der Waals surface area (Å²) in [7, 11) is 0. The van der Waals surface area contributed by atoms with Crippen molar-refractivity contribution in [2.75, 3.05) is 132 Å². The van der Waals surface area contributed by atoms with Crippen LogP contribution in [0.25, 0.3) is 0 Å². The van der Waals surface area contributed by atoms with Gasteiger partial charge in [0.05, 0.1) is 78.3 Å². The van der Waals surface area contributed by atoms with Crippen molar-refractivity contribution in [1.29, 1.82) is 0 Å². The lowest BCUT2D eigenvalue weighted by Gasteiger charge is -2.42. The lowest BCUT2D eigenvalue weighted by molar-refractivity contribution is -0.270. The molecule has 13 unspecified atom stereocenters. The molecule has 0 saturated carbocycles. The number of hydrogen-bond donors (Lipinski definition) is 22. The monoisotopic (exact) mass is 1760 g/mol. The summed E-state index contributed by atoms with van der Waals surface area (Å²) in [5.41, 5.74) is -1.44. The van der Waals surface area contributed by atoms with Crippen molar-refractivity contribution < 1.29 is 156 Å². The van der Waals surface area contributed by atoms with E-state index >= 15 is 0 Å². The van der Waals surface area contributed by atoms with Gasteiger partial charge in [0.2, 0.25) is 65.0 Å². The molecule has 4 rings (SSSR count). The van der Waals surface area contributed by atoms with Crippen LogP contribution in [0.2, 0.25) is 0 Å². The van der Waals surface area contributed by atoms with Crippen LogP contribution in [0.15, 0.2) is 0 Å². The molecule has 43 heteroatoms. The minimum absolute atomic E-state index is 0.0708. The summed E-state index contributed by atoms with van der Waals surface area (Å²) in [5.74, 6) is -3.91. The molecular weight excluding hydrogens is 1610 g/mol. The molecule has 18 atom stereocenters. The van der Waals surface area contributed by atoms with E-state index in [4.69, 9.17) is 47.4 Å². The summed E-state index contributed by atoms with van der Waals surface area (Å²) in [6.45, 7) is 2.16. The van der Waals surface area contributed by atoms with E-state index in [-0.39, 0.29) is 210 Å². The first-order valence-electron chi connectivity index (χ1n) is 42.9. The molecule has 0 aliphatic carbocycles. The van der Waals surface area contributed by atoms with E-state index in [2.05, 4.69) is 58.5 Å². The van der Waals surface area contributed by atoms with E-state index in [1.54, 1.807) is 0 Å². The highest BCUT2D eigenvalue weighted by atomic mass is 16.7. The third kappa shape index (κ3) is 44.0. The molecule has 0 spiro atoms. The van der Waals surface area contributed by atoms with Crippen molar-refractivity contribution in [3.8, 4) is 0 Å². The molecule has 704 valence electrons. The van der Waals surface area contributed by atoms with Gasteiger partial charge in [-0.15, -0.1) is 0 Å². The number of aliphatic hydroxyl groups excluding tert-OH is 11. The van der Waals surface area contributed by atoms with Crippen LogP contribution in [0.1, 0.15) is 188 Å². The van der Waals surface area contributed by atoms with Crippen molar-refractivity contribution in [1.82, 2.24) is 58.5 Å². The second-order valence-electron chi connectivity index (χ2n) is 31.1. The number of carbonyl (C=O) groups is 11. The van der Waals surface area contributed by atoms with Gasteiger partial charge in [0.25, 0.3) is 0 Å². The zero-order valence-electron chi connectivity index (χ0n) is 70.9. The van der Waals surface area contributed by atoms with Gasteiger partial charge in [-0.25, -0.2) is 0 Å². The van der Waals surface area contributed by atoms with E-state index in [1.807, 2.05) is 0 Å². The van der Waals surface area contributed by atoms with Crippen molar-refractivity contribution >= 4 is 65.0 Å². The first-order valence-corrected chi connectivity index (χ1v) is 42.9. The average molecular weight is 1760 g/mol. The topological polar surface area (TPSA) is 635 Å². The Morgan fingerprint density at radius 2 is 0.582 bits per heavy atom. The maximum atomic E-state index is 14.0. The standard InChI is InChI=1S/C79H141N11O32/c1-50(95)87-67-73(110)70(107)56(44-92)120-76(67)116-35-15-12-22-59(99)80-29-18-32-83-63(103)26-38-113-47-79(90-66(106)25-11-9-7-5-4-6-8-10-21-62(102)86-42-53-41-54(98)55(43-91)119-53,48-114-39-27-64(104)84-33-19-30-81-60(100)23-13-16-36-117-77-68(88-51(2)96)74(111)71(108)57(45-93)121-77)49-115-40-28-65(105)85-34-20-31-82-61(101)24-14-17-37-118-78-69(89-52(3)97)75(112)72(109)58(46-94)122-78/h53-58,67-78,91-94,98,107-112H,4-49H2,1-3H3,(H,80,99)(H,81,100)(H,82,101)(H,83,103)(H,84,104)(H,85,105)(H,86,102)(H,87,95)(H,88,96)(H,89,97)(H,90,106)/t53-,54-,55+,56+,57+,58?,67?,68?,69?,70?,71?,72?,73?,74?,75?,76?,77?,78?,79?/m0/s1. The number of ether oxygens (including phenoxy) is 10. The lowest BCUT2D eigenvalue weighted by atomic mass is 9.97. The van der Waals surface area contributed by atoms with Gasteiger partial charge >= 0.3 is 0 Å². The number of hydrogen-bond acceptors (Lipinski definition) is 32. The highest BCUT2D eigenvalue weighted by Gasteiger charge is 2.48. The zero-order chi connectivity index (χ0) is 89.6. The summed E-state index contributed by atoms with van der Waals surface area (Å²) in [6, 6.07) is -3.30. The van der Waals surface area contributed by atoms with E-state index in [0.717, 1.165) is 38.5 Å². The number of aliphatic hydroxyl groups is 11. The van der Waals surface area contributed by atoms with Crippen LogP contribution in [-0.2, 0) is 100 Å². The molecule has 22 N–H and O–H groups in total. The summed E-state index contributed by atoms with van der Waals surface area (Å²) in [5, 5.41) is 141. The molecule has 0 aromatic heterocycles. The maximum absolute atomic E-state index is 14.0. The number of carbonyl (C=O) groups excluding carboxylic acids is 11. The van der Waals surface area contributed by atoms with Crippen molar-refractivity contribution in [3.63, 3.8) is 0 Å². The van der Waals surface area contributed by atoms with Gasteiger partial charge < -0.3 is 162 Å². The van der Waals surface area contributed by atoms with Crippen molar-refractivity contribution in [3.05, 3.63) is 0 Å². The molecule has 122 heavy (non-hydrogen) atoms. The van der Waals surface area contributed by atoms with E-state index in [1.165, 1.54) is 20.8 Å². The van der Waals surface area contributed by atoms with Gasteiger partial charge in [-0.3, -0.25) is 52.7 Å². The second kappa shape index (κ2) is 62.5. The molecular formula is C79H141N11O32. The summed E-state index contributed by atoms with van der Waals surface area (Å²) < 4.78 is 57.8. The van der Waals surface area contributed by atoms with Crippen LogP contribution in [0, 0.1) is 0 Å². The second-order valence-corrected chi connectivity index (χ2v) is 31.1. The molecule has 0 aromatic rings. The van der Waals surface area contributed by atoms with Gasteiger partial charge in [0.1, 0.15) is 84.7 Å². The number of rotatable bonds is 66. The Bertz CT molecular complexity index is 2790. The number of amides is 11. The molecule has 4 aliphatic heterocycles. The Kier molecular flexibility index (Phi) is 55.1. The number of unbranched alkanes of at least 4 members (excludes halogenated alkanes) is 10. The SMILES string of the molecule is CC(=O)NC1C(OCCCCC(=O)NCCCNC(=O)CCOCC(COCCC(=O)NCCCNC(=O)CCCCOC2O[C@H](CO)C(O)C(O)C2NC(C)=O)(COCCC(=O)NCCCNC(=O)CCCCOC2O[C@H](CO)C(O)C(O)C2NC(C)=O)NC(=O)CCCCCCCCCCC(=O)NC[C@@H]2C[C@H](O)[C@@H](CO)O2)OC(CO)C(O)C1O. The molecule has 0 aromatic carbocycles. The van der Waals surface area contributed by atoms with E-state index < -0.39 is 147 Å². The fourth-order valence-corrected chi connectivity index (χ4v) is 13.7. The fraction of sp³-hybridized carbons (Fsp3) is 0.861. The highest BCUT2D eigenvalue weighted by Crippen LogP contribution is 2.27. The predicted molar refractivity (Wildman–Crippen MR) is 430 cm³/mol. The van der Waals surface area contributed by atoms with Crippen molar-refractivity contribution in [2.45, 2.75) is 303 Å². The Hall–Kier alpha value is -6.67. The van der Waals surface area contributed by atoms with Crippen LogP contribution in [0.5, 0.6) is 0 Å². The van der Waals surface area contributed by atoms with Crippen LogP contribution < -0.4 is 58.5 Å². The first-order chi connectivity index (χ1) is 58.5. The van der Waals surface area contributed by atoms with Gasteiger partial charge in [0.15, 0.2) is 18.9 Å². The molecule has 0 radical (unpaired) electrons. The lowest BCUT2D eigenvalue weighted by Crippen LogP contribution is -2.64. The summed E-state index contributed by atoms with van der Waals surface area (Å²) >= 11 is 0.